The number of aromatic nitrogens is 3. The highest BCUT2D eigenvalue weighted by atomic mass is 35.5. The molecular weight excluding hydrogens is 730 g/mol. The molecule has 0 unspecified atom stereocenters. The minimum Gasteiger partial charge on any atom is -0.505 e. The second-order valence-corrected chi connectivity index (χ2v) is 14.4. The van der Waals surface area contributed by atoms with Crippen LogP contribution in [0.2, 0.25) is 5.28 Å². The van der Waals surface area contributed by atoms with Gasteiger partial charge in [0.25, 0.3) is 30.4 Å². The van der Waals surface area contributed by atoms with Crippen molar-refractivity contribution < 1.29 is 48.8 Å². The van der Waals surface area contributed by atoms with E-state index in [1.807, 2.05) is 0 Å². The van der Waals surface area contributed by atoms with Crippen molar-refractivity contribution in [1.29, 1.82) is 0 Å². The standard InChI is InChI=1S/C27H22ClN7O11S3/c1-35(15-6-4-3-5-7-15)27-31-25(28)30-26(32-27)29-19-13-17(47(37,38)39)10-14-11-21(49(43,44)45)23(24(36)22(14)19)34-33-18-9-8-16(46-2)12-20(18)48(40,41)42/h3-13,36H,1-2H3,(H,37,38,39)(H,40,41,42)(H,43,44,45)(H,29,30,31,32). The van der Waals surface area contributed by atoms with Crippen LogP contribution in [0, 0.1) is 0 Å². The molecule has 0 spiro atoms. The zero-order chi connectivity index (χ0) is 35.9. The van der Waals surface area contributed by atoms with Crippen molar-refractivity contribution >= 4 is 87.4 Å². The van der Waals surface area contributed by atoms with Crippen LogP contribution in [0.15, 0.2) is 91.6 Å². The number of para-hydroxylation sites is 1. The van der Waals surface area contributed by atoms with E-state index < -0.39 is 62.2 Å². The number of anilines is 4. The van der Waals surface area contributed by atoms with Crippen LogP contribution in [-0.4, -0.2) is 73.1 Å². The van der Waals surface area contributed by atoms with E-state index in [-0.39, 0.29) is 39.4 Å². The highest BCUT2D eigenvalue weighted by Crippen LogP contribution is 2.46. The molecule has 0 saturated carbocycles. The third kappa shape index (κ3) is 7.67. The molecule has 0 saturated heterocycles. The summed E-state index contributed by atoms with van der Waals surface area (Å²) < 4.78 is 108. The number of phenolic OH excluding ortho intramolecular Hbond substituents is 1. The lowest BCUT2D eigenvalue weighted by Gasteiger charge is -2.18. The van der Waals surface area contributed by atoms with Gasteiger partial charge in [-0.25, -0.2) is 0 Å². The molecule has 0 aliphatic carbocycles. The first-order chi connectivity index (χ1) is 22.9. The number of nitrogens with zero attached hydrogens (tertiary/aromatic N) is 6. The fourth-order valence-corrected chi connectivity index (χ4v) is 6.44. The summed E-state index contributed by atoms with van der Waals surface area (Å²) in [6.07, 6.45) is 0. The van der Waals surface area contributed by atoms with Crippen molar-refractivity contribution in [3.8, 4) is 11.5 Å². The number of rotatable bonds is 10. The molecule has 4 aromatic carbocycles. The molecule has 0 amide bonds. The first-order valence-corrected chi connectivity index (χ1v) is 17.9. The summed E-state index contributed by atoms with van der Waals surface area (Å²) in [5.74, 6) is -1.31. The fraction of sp³-hybridized carbons (Fsp3) is 0.0741. The molecule has 0 bridgehead atoms. The van der Waals surface area contributed by atoms with Crippen LogP contribution in [0.1, 0.15) is 0 Å². The van der Waals surface area contributed by atoms with Gasteiger partial charge in [-0.3, -0.25) is 13.7 Å². The van der Waals surface area contributed by atoms with E-state index in [1.54, 1.807) is 42.3 Å². The van der Waals surface area contributed by atoms with Crippen molar-refractivity contribution in [3.63, 3.8) is 0 Å². The number of benzene rings is 4. The number of hydrogen-bond acceptors (Lipinski definition) is 15. The van der Waals surface area contributed by atoms with Gasteiger partial charge in [0, 0.05) is 24.2 Å². The Bertz CT molecular complexity index is 2490. The van der Waals surface area contributed by atoms with Crippen LogP contribution >= 0.6 is 11.6 Å². The van der Waals surface area contributed by atoms with Crippen LogP contribution in [0.5, 0.6) is 11.5 Å². The summed E-state index contributed by atoms with van der Waals surface area (Å²) >= 11 is 6.16. The second-order valence-electron chi connectivity index (χ2n) is 9.85. The van der Waals surface area contributed by atoms with Gasteiger partial charge < -0.3 is 20.1 Å². The second kappa shape index (κ2) is 13.1. The molecule has 1 aromatic heterocycles. The Balaban J connectivity index is 1.75. The summed E-state index contributed by atoms with van der Waals surface area (Å²) in [7, 11) is -12.3. The number of fused-ring (bicyclic) bond motifs is 1. The Morgan fingerprint density at radius 3 is 2.10 bits per heavy atom. The number of methoxy groups -OCH3 is 1. The van der Waals surface area contributed by atoms with E-state index in [1.165, 1.54) is 13.2 Å². The molecule has 1 heterocycles. The zero-order valence-electron chi connectivity index (χ0n) is 24.8. The molecule has 22 heteroatoms. The van der Waals surface area contributed by atoms with Crippen molar-refractivity contribution in [2.75, 3.05) is 24.4 Å². The van der Waals surface area contributed by atoms with E-state index in [4.69, 9.17) is 16.3 Å². The van der Waals surface area contributed by atoms with E-state index in [9.17, 15) is 44.0 Å². The largest absolute Gasteiger partial charge is 0.505 e. The number of aromatic hydroxyl groups is 1. The Labute approximate surface area is 283 Å². The van der Waals surface area contributed by atoms with Gasteiger partial charge in [-0.15, -0.1) is 10.2 Å². The number of phenols is 1. The van der Waals surface area contributed by atoms with Crippen molar-refractivity contribution in [1.82, 2.24) is 15.0 Å². The van der Waals surface area contributed by atoms with E-state index in [0.717, 1.165) is 24.3 Å². The molecular formula is C27H22ClN7O11S3. The first-order valence-electron chi connectivity index (χ1n) is 13.2. The van der Waals surface area contributed by atoms with Gasteiger partial charge in [-0.2, -0.15) is 40.2 Å². The third-order valence-electron chi connectivity index (χ3n) is 6.69. The molecule has 0 aliphatic rings. The monoisotopic (exact) mass is 751 g/mol. The normalized spacial score (nSPS) is 12.4. The average molecular weight is 752 g/mol. The van der Waals surface area contributed by atoms with Crippen LogP contribution in [0.3, 0.4) is 0 Å². The number of ether oxygens (including phenoxy) is 1. The van der Waals surface area contributed by atoms with Gasteiger partial charge in [0.05, 0.1) is 17.7 Å². The highest BCUT2D eigenvalue weighted by molar-refractivity contribution is 7.86. The van der Waals surface area contributed by atoms with Crippen LogP contribution in [0.4, 0.5) is 34.6 Å². The topological polar surface area (TPSA) is 271 Å². The fourth-order valence-electron chi connectivity index (χ4n) is 4.45. The van der Waals surface area contributed by atoms with Crippen LogP contribution in [-0.2, 0) is 30.4 Å². The van der Waals surface area contributed by atoms with Gasteiger partial charge in [-0.05, 0) is 59.5 Å². The van der Waals surface area contributed by atoms with Crippen molar-refractivity contribution in [2.45, 2.75) is 14.7 Å². The molecule has 256 valence electrons. The SMILES string of the molecule is COc1ccc(N=Nc2c(S(=O)(=O)O)cc3cc(S(=O)(=O)O)cc(Nc4nc(Cl)nc(N(C)c5ccccc5)n4)c3c2O)c(S(=O)(=O)O)c1. The Morgan fingerprint density at radius 1 is 0.816 bits per heavy atom. The van der Waals surface area contributed by atoms with E-state index >= 15 is 0 Å². The lowest BCUT2D eigenvalue weighted by molar-refractivity contribution is 0.412. The summed E-state index contributed by atoms with van der Waals surface area (Å²) in [5, 5.41) is 20.4. The quantitative estimate of drug-likeness (QED) is 0.0921. The Hall–Kier alpha value is -5.03. The zero-order valence-corrected chi connectivity index (χ0v) is 28.0. The number of hydrogen-bond donors (Lipinski definition) is 5. The van der Waals surface area contributed by atoms with Crippen molar-refractivity contribution in [3.05, 3.63) is 72.0 Å². The lowest BCUT2D eigenvalue weighted by atomic mass is 10.1. The van der Waals surface area contributed by atoms with E-state index in [0.29, 0.717) is 11.8 Å². The predicted molar refractivity (Wildman–Crippen MR) is 175 cm³/mol. The first kappa shape index (κ1) is 35.3. The van der Waals surface area contributed by atoms with Gasteiger partial charge in [-0.1, -0.05) is 18.2 Å². The maximum atomic E-state index is 12.4. The van der Waals surface area contributed by atoms with Gasteiger partial charge in [0.1, 0.15) is 26.9 Å². The maximum absolute atomic E-state index is 12.4. The number of halogens is 1. The van der Waals surface area contributed by atoms with Crippen molar-refractivity contribution in [2.24, 2.45) is 10.2 Å². The third-order valence-corrected chi connectivity index (χ3v) is 9.44. The average Bonchev–Trinajstić information content (AvgIpc) is 3.02. The maximum Gasteiger partial charge on any atom is 0.296 e. The Kier molecular flexibility index (Phi) is 9.44. The van der Waals surface area contributed by atoms with Gasteiger partial charge >= 0.3 is 0 Å². The summed E-state index contributed by atoms with van der Waals surface area (Å²) in [6.45, 7) is 0. The number of azo groups is 1. The molecule has 5 aromatic rings. The molecule has 49 heavy (non-hydrogen) atoms. The molecule has 0 radical (unpaired) electrons. The molecule has 18 nitrogen and oxygen atoms in total. The molecule has 0 aliphatic heterocycles. The molecule has 5 rings (SSSR count). The molecule has 0 fully saturated rings. The smallest absolute Gasteiger partial charge is 0.296 e. The minimum absolute atomic E-state index is 0.000613. The van der Waals surface area contributed by atoms with Gasteiger partial charge in [0.2, 0.25) is 17.2 Å². The van der Waals surface area contributed by atoms with Gasteiger partial charge in [0.15, 0.2) is 5.75 Å². The summed E-state index contributed by atoms with van der Waals surface area (Å²) in [6, 6.07) is 14.4. The minimum atomic E-state index is -5.26. The predicted octanol–water partition coefficient (Wildman–Crippen LogP) is 5.06. The van der Waals surface area contributed by atoms with Crippen LogP contribution in [0.25, 0.3) is 10.8 Å². The molecule has 0 atom stereocenters. The summed E-state index contributed by atoms with van der Waals surface area (Å²) in [5.41, 5.74) is -1.17. The number of nitrogens with one attached hydrogen (secondary N) is 1. The highest BCUT2D eigenvalue weighted by Gasteiger charge is 2.26. The lowest BCUT2D eigenvalue weighted by Crippen LogP contribution is -2.15. The van der Waals surface area contributed by atoms with Crippen LogP contribution < -0.4 is 15.0 Å². The van der Waals surface area contributed by atoms with E-state index in [2.05, 4.69) is 30.5 Å². The molecule has 5 N–H and O–H groups in total. The Morgan fingerprint density at radius 2 is 1.49 bits per heavy atom. The summed E-state index contributed by atoms with van der Waals surface area (Å²) in [4.78, 5) is 11.2.